The molecule has 0 atom stereocenters. The topological polar surface area (TPSA) is 43.4 Å². The highest BCUT2D eigenvalue weighted by Crippen LogP contribution is 2.15. The maximum absolute atomic E-state index is 12.6. The predicted octanol–water partition coefficient (Wildman–Crippen LogP) is 1.42. The molecule has 6 heteroatoms. The van der Waals surface area contributed by atoms with Crippen LogP contribution in [0.5, 0.6) is 0 Å². The molecule has 1 aromatic carbocycles. The van der Waals surface area contributed by atoms with Crippen molar-refractivity contribution >= 4 is 10.1 Å². The van der Waals surface area contributed by atoms with Crippen molar-refractivity contribution in [2.75, 3.05) is 0 Å². The molecule has 66 valence electrons. The highest BCUT2D eigenvalue weighted by Gasteiger charge is 2.19. The van der Waals surface area contributed by atoms with Crippen LogP contribution in [0.4, 0.5) is 8.92 Å². The lowest BCUT2D eigenvalue weighted by Gasteiger charge is -1.97. The van der Waals surface area contributed by atoms with Crippen molar-refractivity contribution in [1.29, 1.82) is 0 Å². The third-order valence-electron chi connectivity index (χ3n) is 1.19. The normalized spacial score (nSPS) is 11.5. The lowest BCUT2D eigenvalue weighted by molar-refractivity contribution is 0.00252. The Morgan fingerprint density at radius 1 is 1.25 bits per heavy atom. The van der Waals surface area contributed by atoms with Gasteiger partial charge in [0, 0.05) is 0 Å². The van der Waals surface area contributed by atoms with Crippen molar-refractivity contribution in [2.24, 2.45) is 0 Å². The van der Waals surface area contributed by atoms with Crippen LogP contribution in [0.1, 0.15) is 0 Å². The van der Waals surface area contributed by atoms with Crippen molar-refractivity contribution in [3.8, 4) is 0 Å². The van der Waals surface area contributed by atoms with Gasteiger partial charge in [0.2, 0.25) is 0 Å². The Labute approximate surface area is 67.6 Å². The molecule has 0 radical (unpaired) electrons. The zero-order chi connectivity index (χ0) is 9.19. The summed E-state index contributed by atoms with van der Waals surface area (Å²) in [6, 6.07) is 4.34. The van der Waals surface area contributed by atoms with E-state index in [4.69, 9.17) is 0 Å². The van der Waals surface area contributed by atoms with Crippen LogP contribution in [0.15, 0.2) is 29.2 Å². The van der Waals surface area contributed by atoms with Gasteiger partial charge in [-0.25, -0.2) is 4.39 Å². The van der Waals surface area contributed by atoms with Gasteiger partial charge in [-0.2, -0.15) is 8.42 Å². The second-order valence-electron chi connectivity index (χ2n) is 1.95. The summed E-state index contributed by atoms with van der Waals surface area (Å²) in [5, 5.41) is 0. The van der Waals surface area contributed by atoms with Crippen molar-refractivity contribution in [1.82, 2.24) is 0 Å². The van der Waals surface area contributed by atoms with Crippen molar-refractivity contribution in [3.05, 3.63) is 30.1 Å². The molecule has 1 rings (SSSR count). The molecule has 0 aliphatic heterocycles. The van der Waals surface area contributed by atoms with E-state index in [-0.39, 0.29) is 0 Å². The summed E-state index contributed by atoms with van der Waals surface area (Å²) < 4.78 is 47.8. The second kappa shape index (κ2) is 3.16. The number of hydrogen-bond acceptors (Lipinski definition) is 3. The minimum atomic E-state index is -4.57. The third kappa shape index (κ3) is 1.59. The maximum Gasteiger partial charge on any atom is 0.330 e. The van der Waals surface area contributed by atoms with Gasteiger partial charge in [0.25, 0.3) is 0 Å². The number of benzene rings is 1. The van der Waals surface area contributed by atoms with Gasteiger partial charge in [-0.3, -0.25) is 0 Å². The molecular weight excluding hydrogens is 190 g/mol. The van der Waals surface area contributed by atoms with Gasteiger partial charge in [0.05, 0.1) is 0 Å². The molecule has 0 saturated carbocycles. The largest absolute Gasteiger partial charge is 0.330 e. The summed E-state index contributed by atoms with van der Waals surface area (Å²) in [4.78, 5) is -0.812. The van der Waals surface area contributed by atoms with Crippen LogP contribution in [0.25, 0.3) is 0 Å². The van der Waals surface area contributed by atoms with Crippen LogP contribution >= 0.6 is 0 Å². The zero-order valence-corrected chi connectivity index (χ0v) is 6.51. The Kier molecular flexibility index (Phi) is 2.39. The van der Waals surface area contributed by atoms with Crippen molar-refractivity contribution < 1.29 is 21.7 Å². The lowest BCUT2D eigenvalue weighted by atomic mass is 10.4. The quantitative estimate of drug-likeness (QED) is 0.715. The SMILES string of the molecule is O=S(=O)(OF)c1ccccc1F. The summed E-state index contributed by atoms with van der Waals surface area (Å²) in [5.74, 6) is -1.05. The summed E-state index contributed by atoms with van der Waals surface area (Å²) in [6.45, 7) is 0. The fourth-order valence-electron chi connectivity index (χ4n) is 0.681. The van der Waals surface area contributed by atoms with Gasteiger partial charge < -0.3 is 0 Å². The highest BCUT2D eigenvalue weighted by molar-refractivity contribution is 7.86. The first kappa shape index (κ1) is 9.08. The van der Waals surface area contributed by atoms with Gasteiger partial charge in [0.1, 0.15) is 10.7 Å². The molecular formula is C6H4F2O3S. The molecule has 0 aliphatic carbocycles. The monoisotopic (exact) mass is 194 g/mol. The first-order chi connectivity index (χ1) is 5.58. The van der Waals surface area contributed by atoms with Crippen molar-refractivity contribution in [3.63, 3.8) is 0 Å². The summed E-state index contributed by atoms with van der Waals surface area (Å²) in [7, 11) is -4.57. The second-order valence-corrected chi connectivity index (χ2v) is 3.42. The van der Waals surface area contributed by atoms with Gasteiger partial charge in [-0.1, -0.05) is 16.5 Å². The van der Waals surface area contributed by atoms with Gasteiger partial charge >= 0.3 is 10.1 Å². The molecule has 0 fully saturated rings. The molecule has 0 aromatic heterocycles. The van der Waals surface area contributed by atoms with E-state index in [9.17, 15) is 17.3 Å². The molecule has 0 aliphatic rings. The summed E-state index contributed by atoms with van der Waals surface area (Å²) >= 11 is 0. The smallest absolute Gasteiger partial charge is 0.205 e. The van der Waals surface area contributed by atoms with E-state index < -0.39 is 20.8 Å². The van der Waals surface area contributed by atoms with Crippen LogP contribution in [0.2, 0.25) is 0 Å². The Morgan fingerprint density at radius 2 is 1.83 bits per heavy atom. The van der Waals surface area contributed by atoms with E-state index in [1.807, 2.05) is 0 Å². The van der Waals surface area contributed by atoms with E-state index in [1.165, 1.54) is 12.1 Å². The first-order valence-corrected chi connectivity index (χ1v) is 4.28. The molecule has 0 saturated heterocycles. The van der Waals surface area contributed by atoms with Crippen LogP contribution in [-0.2, 0) is 14.5 Å². The van der Waals surface area contributed by atoms with Crippen LogP contribution in [0.3, 0.4) is 0 Å². The van der Waals surface area contributed by atoms with E-state index >= 15 is 0 Å². The predicted molar refractivity (Wildman–Crippen MR) is 35.8 cm³/mol. The van der Waals surface area contributed by atoms with E-state index in [0.29, 0.717) is 0 Å². The molecule has 0 spiro atoms. The number of halogens is 2. The molecule has 0 amide bonds. The maximum atomic E-state index is 12.6. The molecule has 0 bridgehead atoms. The zero-order valence-electron chi connectivity index (χ0n) is 5.70. The molecule has 0 N–H and O–H groups in total. The number of hydrogen-bond donors (Lipinski definition) is 0. The Morgan fingerprint density at radius 3 is 2.33 bits per heavy atom. The minimum absolute atomic E-state index is 0.812. The summed E-state index contributed by atoms with van der Waals surface area (Å²) in [6.07, 6.45) is 0. The van der Waals surface area contributed by atoms with Gasteiger partial charge in [0.15, 0.2) is 0 Å². The standard InChI is InChI=1S/C6H4F2O3S/c7-5-3-1-2-4-6(5)12(9,10)11-8/h1-4H. The van der Waals surface area contributed by atoms with Crippen molar-refractivity contribution in [2.45, 2.75) is 4.90 Å². The number of rotatable bonds is 2. The third-order valence-corrected chi connectivity index (χ3v) is 2.22. The molecule has 3 nitrogen and oxygen atoms in total. The Bertz CT molecular complexity index is 374. The van der Waals surface area contributed by atoms with Crippen LogP contribution in [-0.4, -0.2) is 8.42 Å². The van der Waals surface area contributed by atoms with E-state index in [1.54, 1.807) is 0 Å². The van der Waals surface area contributed by atoms with Crippen LogP contribution in [0, 0.1) is 5.82 Å². The Hall–Kier alpha value is -1.01. The van der Waals surface area contributed by atoms with Crippen LogP contribution < -0.4 is 0 Å². The fraction of sp³-hybridized carbons (Fsp3) is 0. The van der Waals surface area contributed by atoms with Gasteiger partial charge in [-0.15, -0.1) is 0 Å². The first-order valence-electron chi connectivity index (χ1n) is 2.87. The molecule has 1 aromatic rings. The summed E-state index contributed by atoms with van der Waals surface area (Å²) in [5.41, 5.74) is 0. The van der Waals surface area contributed by atoms with E-state index in [0.717, 1.165) is 12.1 Å². The molecule has 12 heavy (non-hydrogen) atoms. The Balaban J connectivity index is 3.30. The average Bonchev–Trinajstić information content (AvgIpc) is 2.05. The lowest BCUT2D eigenvalue weighted by Crippen LogP contribution is -2.02. The minimum Gasteiger partial charge on any atom is -0.205 e. The molecule has 0 unspecified atom stereocenters. The molecule has 0 heterocycles. The van der Waals surface area contributed by atoms with Gasteiger partial charge in [-0.05, 0) is 16.7 Å². The fourth-order valence-corrected chi connectivity index (χ4v) is 1.30. The average molecular weight is 194 g/mol. The highest BCUT2D eigenvalue weighted by atomic mass is 32.2. The van der Waals surface area contributed by atoms with E-state index in [2.05, 4.69) is 4.39 Å².